The third-order valence-corrected chi connectivity index (χ3v) is 5.08. The van der Waals surface area contributed by atoms with Gasteiger partial charge in [-0.1, -0.05) is 37.3 Å². The summed E-state index contributed by atoms with van der Waals surface area (Å²) < 4.78 is 1.77. The summed E-state index contributed by atoms with van der Waals surface area (Å²) in [6.07, 6.45) is 4.58. The molecule has 4 rings (SSSR count). The van der Waals surface area contributed by atoms with Gasteiger partial charge in [0.05, 0.1) is 0 Å². The number of hydrogen-bond donors (Lipinski definition) is 1. The molecule has 0 aliphatic carbocycles. The van der Waals surface area contributed by atoms with E-state index in [1.165, 1.54) is 24.9 Å². The molecular weight excluding hydrogens is 312 g/mol. The number of tetrazole rings is 1. The molecule has 1 aliphatic heterocycles. The lowest BCUT2D eigenvalue weighted by atomic mass is 10.1. The molecule has 0 amide bonds. The van der Waals surface area contributed by atoms with Crippen LogP contribution in [-0.4, -0.2) is 50.6 Å². The van der Waals surface area contributed by atoms with Crippen molar-refractivity contribution in [1.82, 2.24) is 30.3 Å². The number of aromatic nitrogens is 4. The van der Waals surface area contributed by atoms with Crippen LogP contribution in [0.4, 0.5) is 0 Å². The van der Waals surface area contributed by atoms with Crippen molar-refractivity contribution in [2.45, 2.75) is 32.4 Å². The van der Waals surface area contributed by atoms with Crippen molar-refractivity contribution in [2.75, 3.05) is 19.6 Å². The van der Waals surface area contributed by atoms with E-state index in [4.69, 9.17) is 0 Å². The van der Waals surface area contributed by atoms with Crippen molar-refractivity contribution in [3.8, 4) is 11.1 Å². The average molecular weight is 336 g/mol. The van der Waals surface area contributed by atoms with Gasteiger partial charge in [-0.2, -0.15) is 4.52 Å². The van der Waals surface area contributed by atoms with Crippen molar-refractivity contribution in [2.24, 2.45) is 0 Å². The fourth-order valence-electron chi connectivity index (χ4n) is 3.75. The number of nitrogens with zero attached hydrogens (tertiary/aromatic N) is 5. The number of likely N-dealkylation sites (tertiary alicyclic amines) is 1. The number of benzene rings is 1. The minimum Gasteiger partial charge on any atom is -0.311 e. The number of rotatable bonds is 6. The van der Waals surface area contributed by atoms with Crippen molar-refractivity contribution in [3.05, 3.63) is 48.2 Å². The first-order valence-electron chi connectivity index (χ1n) is 9.06. The maximum atomic E-state index is 4.19. The molecule has 1 N–H and O–H groups in total. The summed E-state index contributed by atoms with van der Waals surface area (Å²) in [6, 6.07) is 13.2. The fraction of sp³-hybridized carbons (Fsp3) is 0.421. The molecule has 0 unspecified atom stereocenters. The predicted molar refractivity (Wildman–Crippen MR) is 98.2 cm³/mol. The lowest BCUT2D eigenvalue weighted by molar-refractivity contribution is 0.260. The Balaban J connectivity index is 1.53. The van der Waals surface area contributed by atoms with Gasteiger partial charge in [-0.05, 0) is 48.0 Å². The molecule has 1 fully saturated rings. The maximum absolute atomic E-state index is 4.19. The fourth-order valence-corrected chi connectivity index (χ4v) is 3.75. The number of pyridine rings is 1. The van der Waals surface area contributed by atoms with Gasteiger partial charge >= 0.3 is 0 Å². The summed E-state index contributed by atoms with van der Waals surface area (Å²) in [6.45, 7) is 6.39. The molecule has 0 bridgehead atoms. The molecule has 2 aromatic heterocycles. The molecule has 1 aliphatic rings. The molecule has 6 heteroatoms. The summed E-state index contributed by atoms with van der Waals surface area (Å²) in [5.41, 5.74) is 4.26. The lowest BCUT2D eigenvalue weighted by Gasteiger charge is -2.23. The quantitative estimate of drug-likeness (QED) is 0.749. The summed E-state index contributed by atoms with van der Waals surface area (Å²) in [7, 11) is 0. The molecule has 6 nitrogen and oxygen atoms in total. The first kappa shape index (κ1) is 16.2. The van der Waals surface area contributed by atoms with Crippen LogP contribution in [0.2, 0.25) is 0 Å². The van der Waals surface area contributed by atoms with Crippen LogP contribution in [-0.2, 0) is 6.54 Å². The number of nitrogens with one attached hydrogen (secondary N) is 1. The number of fused-ring (bicyclic) bond motifs is 1. The normalized spacial score (nSPS) is 18.2. The van der Waals surface area contributed by atoms with Crippen molar-refractivity contribution >= 4 is 5.65 Å². The van der Waals surface area contributed by atoms with E-state index >= 15 is 0 Å². The number of hydrogen-bond acceptors (Lipinski definition) is 5. The van der Waals surface area contributed by atoms with Gasteiger partial charge in [0, 0.05) is 36.5 Å². The van der Waals surface area contributed by atoms with E-state index in [1.54, 1.807) is 4.52 Å². The van der Waals surface area contributed by atoms with Crippen LogP contribution in [0.5, 0.6) is 0 Å². The molecule has 1 saturated heterocycles. The molecule has 3 aromatic rings. The summed E-state index contributed by atoms with van der Waals surface area (Å²) in [4.78, 5) is 2.56. The monoisotopic (exact) mass is 336 g/mol. The minimum absolute atomic E-state index is 0.648. The average Bonchev–Trinajstić information content (AvgIpc) is 3.31. The predicted octanol–water partition coefficient (Wildman–Crippen LogP) is 2.37. The van der Waals surface area contributed by atoms with Crippen molar-refractivity contribution in [1.29, 1.82) is 0 Å². The lowest BCUT2D eigenvalue weighted by Crippen LogP contribution is -2.37. The van der Waals surface area contributed by atoms with E-state index in [0.29, 0.717) is 6.04 Å². The van der Waals surface area contributed by atoms with Crippen LogP contribution in [0.15, 0.2) is 42.6 Å². The van der Waals surface area contributed by atoms with E-state index in [1.807, 2.05) is 12.3 Å². The Morgan fingerprint density at radius 3 is 2.92 bits per heavy atom. The Labute approximate surface area is 147 Å². The molecule has 1 atom stereocenters. The SMILES string of the molecule is CCN1CCC[C@H]1CNCc1cc(-c2ccccc2)cn2nnnc12. The standard InChI is InChI=1S/C19H24N6/c1-2-24-10-6-9-18(24)13-20-12-16-11-17(15-7-4-3-5-8-15)14-25-19(16)21-22-23-25/h3-5,7-8,11,14,18,20H,2,6,9-10,12-13H2,1H3/t18-/m0/s1. The minimum atomic E-state index is 0.648. The van der Waals surface area contributed by atoms with E-state index in [0.717, 1.165) is 36.4 Å². The Morgan fingerprint density at radius 1 is 1.20 bits per heavy atom. The zero-order valence-corrected chi connectivity index (χ0v) is 14.6. The number of likely N-dealkylation sites (N-methyl/N-ethyl adjacent to an activating group) is 1. The second-order valence-corrected chi connectivity index (χ2v) is 6.62. The molecule has 130 valence electrons. The van der Waals surface area contributed by atoms with E-state index in [2.05, 4.69) is 63.0 Å². The molecular formula is C19H24N6. The van der Waals surface area contributed by atoms with E-state index in [9.17, 15) is 0 Å². The third kappa shape index (κ3) is 3.41. The smallest absolute Gasteiger partial charge is 0.183 e. The molecule has 0 spiro atoms. The van der Waals surface area contributed by atoms with E-state index < -0.39 is 0 Å². The second-order valence-electron chi connectivity index (χ2n) is 6.62. The van der Waals surface area contributed by atoms with Crippen molar-refractivity contribution < 1.29 is 0 Å². The van der Waals surface area contributed by atoms with Gasteiger partial charge in [-0.15, -0.1) is 5.10 Å². The van der Waals surface area contributed by atoms with Crippen LogP contribution in [0.25, 0.3) is 16.8 Å². The van der Waals surface area contributed by atoms with Gasteiger partial charge in [0.25, 0.3) is 0 Å². The Hall–Kier alpha value is -2.31. The maximum Gasteiger partial charge on any atom is 0.183 e. The topological polar surface area (TPSA) is 58.4 Å². The van der Waals surface area contributed by atoms with Gasteiger partial charge in [-0.3, -0.25) is 4.90 Å². The summed E-state index contributed by atoms with van der Waals surface area (Å²) in [5, 5.41) is 15.7. The van der Waals surface area contributed by atoms with E-state index in [-0.39, 0.29) is 0 Å². The first-order valence-corrected chi connectivity index (χ1v) is 9.06. The van der Waals surface area contributed by atoms with Gasteiger partial charge in [0.2, 0.25) is 0 Å². The third-order valence-electron chi connectivity index (χ3n) is 5.08. The highest BCUT2D eigenvalue weighted by atomic mass is 15.5. The van der Waals surface area contributed by atoms with Gasteiger partial charge < -0.3 is 5.32 Å². The van der Waals surface area contributed by atoms with Crippen LogP contribution in [0.1, 0.15) is 25.3 Å². The van der Waals surface area contributed by atoms with Crippen molar-refractivity contribution in [3.63, 3.8) is 0 Å². The zero-order chi connectivity index (χ0) is 17.1. The van der Waals surface area contributed by atoms with Crippen LogP contribution in [0.3, 0.4) is 0 Å². The molecule has 1 aromatic carbocycles. The highest BCUT2D eigenvalue weighted by molar-refractivity contribution is 5.66. The Morgan fingerprint density at radius 2 is 2.08 bits per heavy atom. The molecule has 25 heavy (non-hydrogen) atoms. The second kappa shape index (κ2) is 7.29. The highest BCUT2D eigenvalue weighted by Crippen LogP contribution is 2.22. The molecule has 3 heterocycles. The van der Waals surface area contributed by atoms with Gasteiger partial charge in [0.15, 0.2) is 5.65 Å². The largest absolute Gasteiger partial charge is 0.311 e. The Kier molecular flexibility index (Phi) is 4.72. The highest BCUT2D eigenvalue weighted by Gasteiger charge is 2.22. The zero-order valence-electron chi connectivity index (χ0n) is 14.6. The van der Waals surface area contributed by atoms with Crippen LogP contribution >= 0.6 is 0 Å². The first-order chi connectivity index (χ1) is 12.3. The molecule has 0 saturated carbocycles. The molecule has 0 radical (unpaired) electrons. The van der Waals surface area contributed by atoms with Gasteiger partial charge in [0.1, 0.15) is 0 Å². The summed E-state index contributed by atoms with van der Waals surface area (Å²) in [5.74, 6) is 0. The van der Waals surface area contributed by atoms with Crippen LogP contribution in [0, 0.1) is 0 Å². The summed E-state index contributed by atoms with van der Waals surface area (Å²) >= 11 is 0. The van der Waals surface area contributed by atoms with Gasteiger partial charge in [-0.25, -0.2) is 0 Å². The Bertz CT molecular complexity index is 828. The van der Waals surface area contributed by atoms with Crippen LogP contribution < -0.4 is 5.32 Å².